The third-order valence-corrected chi connectivity index (χ3v) is 4.12. The zero-order chi connectivity index (χ0) is 15.2. The quantitative estimate of drug-likeness (QED) is 0.566. The largest absolute Gasteiger partial charge is 0.399 e. The Bertz CT molecular complexity index is 532. The van der Waals surface area contributed by atoms with E-state index in [1.807, 2.05) is 0 Å². The predicted molar refractivity (Wildman–Crippen MR) is 76.3 cm³/mol. The van der Waals surface area contributed by atoms with E-state index in [9.17, 15) is 12.8 Å². The number of ether oxygens (including phenoxy) is 1. The van der Waals surface area contributed by atoms with E-state index in [0.717, 1.165) is 18.6 Å². The van der Waals surface area contributed by atoms with Gasteiger partial charge in [0.1, 0.15) is 10.7 Å². The van der Waals surface area contributed by atoms with Gasteiger partial charge in [-0.1, -0.05) is 13.8 Å². The van der Waals surface area contributed by atoms with Gasteiger partial charge in [-0.2, -0.15) is 0 Å². The van der Waals surface area contributed by atoms with E-state index < -0.39 is 20.7 Å². The number of halogens is 1. The van der Waals surface area contributed by atoms with Crippen LogP contribution < -0.4 is 10.5 Å². The molecule has 0 heterocycles. The Hall–Kier alpha value is -1.18. The van der Waals surface area contributed by atoms with Crippen LogP contribution in [-0.4, -0.2) is 28.2 Å². The fourth-order valence-corrected chi connectivity index (χ4v) is 2.55. The predicted octanol–water partition coefficient (Wildman–Crippen LogP) is 1.75. The molecule has 0 unspecified atom stereocenters. The molecule has 0 atom stereocenters. The first-order chi connectivity index (χ1) is 9.33. The summed E-state index contributed by atoms with van der Waals surface area (Å²) in [4.78, 5) is -0.408. The summed E-state index contributed by atoms with van der Waals surface area (Å²) in [7, 11) is -3.87. The van der Waals surface area contributed by atoms with E-state index in [0.29, 0.717) is 12.5 Å². The molecule has 0 aliphatic rings. The van der Waals surface area contributed by atoms with E-state index in [1.165, 1.54) is 6.07 Å². The molecule has 1 rings (SSSR count). The Morgan fingerprint density at radius 2 is 2.05 bits per heavy atom. The SMILES string of the molecule is CC(C)CCOCCNS(=O)(=O)c1ccc(N)cc1F. The summed E-state index contributed by atoms with van der Waals surface area (Å²) in [6.45, 7) is 5.09. The van der Waals surface area contributed by atoms with E-state index in [4.69, 9.17) is 10.5 Å². The Morgan fingerprint density at radius 1 is 1.35 bits per heavy atom. The lowest BCUT2D eigenvalue weighted by atomic mass is 10.1. The second-order valence-corrected chi connectivity index (χ2v) is 6.62. The van der Waals surface area contributed by atoms with Crippen molar-refractivity contribution < 1.29 is 17.5 Å². The van der Waals surface area contributed by atoms with Crippen molar-refractivity contribution in [2.45, 2.75) is 25.2 Å². The maximum Gasteiger partial charge on any atom is 0.243 e. The van der Waals surface area contributed by atoms with Gasteiger partial charge in [0, 0.05) is 18.8 Å². The summed E-state index contributed by atoms with van der Waals surface area (Å²) >= 11 is 0. The molecule has 5 nitrogen and oxygen atoms in total. The van der Waals surface area contributed by atoms with Crippen LogP contribution in [0.15, 0.2) is 23.1 Å². The molecule has 1 aromatic rings. The molecule has 114 valence electrons. The zero-order valence-corrected chi connectivity index (χ0v) is 12.5. The number of benzene rings is 1. The van der Waals surface area contributed by atoms with Crippen LogP contribution in [-0.2, 0) is 14.8 Å². The van der Waals surface area contributed by atoms with Gasteiger partial charge in [0.15, 0.2) is 0 Å². The normalized spacial score (nSPS) is 12.0. The van der Waals surface area contributed by atoms with Gasteiger partial charge in [-0.3, -0.25) is 0 Å². The zero-order valence-electron chi connectivity index (χ0n) is 11.7. The van der Waals surface area contributed by atoms with Gasteiger partial charge in [-0.15, -0.1) is 0 Å². The van der Waals surface area contributed by atoms with Crippen molar-refractivity contribution in [3.63, 3.8) is 0 Å². The summed E-state index contributed by atoms with van der Waals surface area (Å²) in [5.74, 6) is -0.325. The summed E-state index contributed by atoms with van der Waals surface area (Å²) in [5.41, 5.74) is 5.55. The number of sulfonamides is 1. The Morgan fingerprint density at radius 3 is 2.65 bits per heavy atom. The smallest absolute Gasteiger partial charge is 0.243 e. The molecule has 0 aliphatic carbocycles. The van der Waals surface area contributed by atoms with Gasteiger partial charge in [0.25, 0.3) is 0 Å². The molecular weight excluding hydrogens is 283 g/mol. The van der Waals surface area contributed by atoms with Gasteiger partial charge in [-0.05, 0) is 30.5 Å². The third-order valence-electron chi connectivity index (χ3n) is 2.62. The number of nitrogen functional groups attached to an aromatic ring is 1. The molecule has 0 aromatic heterocycles. The second kappa shape index (κ2) is 7.56. The summed E-state index contributed by atoms with van der Waals surface area (Å²) in [5, 5.41) is 0. The average molecular weight is 304 g/mol. The van der Waals surface area contributed by atoms with E-state index in [2.05, 4.69) is 18.6 Å². The minimum Gasteiger partial charge on any atom is -0.399 e. The molecule has 0 amide bonds. The van der Waals surface area contributed by atoms with Crippen LogP contribution in [0.25, 0.3) is 0 Å². The van der Waals surface area contributed by atoms with Crippen molar-refractivity contribution in [3.8, 4) is 0 Å². The van der Waals surface area contributed by atoms with E-state index in [-0.39, 0.29) is 18.8 Å². The minimum absolute atomic E-state index is 0.101. The first kappa shape index (κ1) is 16.9. The Labute approximate surface area is 119 Å². The van der Waals surface area contributed by atoms with Crippen LogP contribution in [0, 0.1) is 11.7 Å². The lowest BCUT2D eigenvalue weighted by molar-refractivity contribution is 0.128. The highest BCUT2D eigenvalue weighted by Crippen LogP contribution is 2.16. The maximum absolute atomic E-state index is 13.5. The number of nitrogens with two attached hydrogens (primary N) is 1. The molecule has 0 radical (unpaired) electrons. The number of anilines is 1. The molecule has 0 saturated heterocycles. The van der Waals surface area contributed by atoms with E-state index >= 15 is 0 Å². The van der Waals surface area contributed by atoms with Crippen LogP contribution in [0.2, 0.25) is 0 Å². The highest BCUT2D eigenvalue weighted by molar-refractivity contribution is 7.89. The summed E-state index contributed by atoms with van der Waals surface area (Å²) in [6.07, 6.45) is 0.916. The van der Waals surface area contributed by atoms with Crippen LogP contribution in [0.3, 0.4) is 0 Å². The fourth-order valence-electron chi connectivity index (χ4n) is 1.48. The Balaban J connectivity index is 2.46. The highest BCUT2D eigenvalue weighted by atomic mass is 32.2. The molecule has 7 heteroatoms. The van der Waals surface area contributed by atoms with Gasteiger partial charge >= 0.3 is 0 Å². The van der Waals surface area contributed by atoms with E-state index in [1.54, 1.807) is 0 Å². The third kappa shape index (κ3) is 5.44. The monoisotopic (exact) mass is 304 g/mol. The lowest BCUT2D eigenvalue weighted by Gasteiger charge is -2.09. The summed E-state index contributed by atoms with van der Waals surface area (Å²) < 4.78 is 44.8. The molecule has 0 spiro atoms. The maximum atomic E-state index is 13.5. The lowest BCUT2D eigenvalue weighted by Crippen LogP contribution is -2.28. The molecular formula is C13H21FN2O3S. The molecule has 1 aromatic carbocycles. The second-order valence-electron chi connectivity index (χ2n) is 4.88. The number of nitrogens with one attached hydrogen (secondary N) is 1. The van der Waals surface area contributed by atoms with Gasteiger partial charge in [0.05, 0.1) is 6.61 Å². The average Bonchev–Trinajstić information content (AvgIpc) is 2.32. The van der Waals surface area contributed by atoms with Crippen molar-refractivity contribution in [2.75, 3.05) is 25.5 Å². The standard InChI is InChI=1S/C13H21FN2O3S/c1-10(2)5-7-19-8-6-16-20(17,18)13-4-3-11(15)9-12(13)14/h3-4,9-10,16H,5-8,15H2,1-2H3. The summed E-state index contributed by atoms with van der Waals surface area (Å²) in [6, 6.07) is 3.47. The van der Waals surface area contributed by atoms with Crippen LogP contribution >= 0.6 is 0 Å². The van der Waals surface area contributed by atoms with Crippen molar-refractivity contribution in [1.82, 2.24) is 4.72 Å². The Kier molecular flexibility index (Phi) is 6.38. The number of hydrogen-bond donors (Lipinski definition) is 2. The highest BCUT2D eigenvalue weighted by Gasteiger charge is 2.18. The number of hydrogen-bond acceptors (Lipinski definition) is 4. The van der Waals surface area contributed by atoms with Crippen molar-refractivity contribution in [2.24, 2.45) is 5.92 Å². The first-order valence-electron chi connectivity index (χ1n) is 6.45. The topological polar surface area (TPSA) is 81.4 Å². The fraction of sp³-hybridized carbons (Fsp3) is 0.538. The number of rotatable bonds is 8. The molecule has 0 bridgehead atoms. The van der Waals surface area contributed by atoms with Crippen LogP contribution in [0.5, 0.6) is 0 Å². The minimum atomic E-state index is -3.87. The van der Waals surface area contributed by atoms with Gasteiger partial charge < -0.3 is 10.5 Å². The first-order valence-corrected chi connectivity index (χ1v) is 7.93. The molecule has 20 heavy (non-hydrogen) atoms. The van der Waals surface area contributed by atoms with Crippen LogP contribution in [0.4, 0.5) is 10.1 Å². The molecule has 0 fully saturated rings. The molecule has 0 saturated carbocycles. The van der Waals surface area contributed by atoms with Gasteiger partial charge in [-0.25, -0.2) is 17.5 Å². The van der Waals surface area contributed by atoms with Crippen molar-refractivity contribution in [1.29, 1.82) is 0 Å². The van der Waals surface area contributed by atoms with Crippen molar-refractivity contribution >= 4 is 15.7 Å². The van der Waals surface area contributed by atoms with Crippen LogP contribution in [0.1, 0.15) is 20.3 Å². The van der Waals surface area contributed by atoms with Crippen molar-refractivity contribution in [3.05, 3.63) is 24.0 Å². The molecule has 0 aliphatic heterocycles. The van der Waals surface area contributed by atoms with Gasteiger partial charge in [0.2, 0.25) is 10.0 Å². The molecule has 3 N–H and O–H groups in total.